The second-order valence-corrected chi connectivity index (χ2v) is 8.20. The van der Waals surface area contributed by atoms with Crippen LogP contribution in [0.2, 0.25) is 0 Å². The molecular formula is C24H18F2N6O4. The maximum Gasteiger partial charge on any atom is 0.407 e. The van der Waals surface area contributed by atoms with Gasteiger partial charge in [0.2, 0.25) is 0 Å². The molecule has 12 heteroatoms. The van der Waals surface area contributed by atoms with E-state index in [-0.39, 0.29) is 17.2 Å². The highest BCUT2D eigenvalue weighted by molar-refractivity contribution is 5.79. The highest BCUT2D eigenvalue weighted by Gasteiger charge is 2.24. The fourth-order valence-electron chi connectivity index (χ4n) is 4.16. The molecule has 5 rings (SSSR count). The summed E-state index contributed by atoms with van der Waals surface area (Å²) in [5.41, 5.74) is -0.695. The Bertz CT molecular complexity index is 1580. The molecule has 2 aromatic carbocycles. The third-order valence-electron chi connectivity index (χ3n) is 6.07. The first-order chi connectivity index (χ1) is 17.4. The molecule has 0 spiro atoms. The minimum absolute atomic E-state index is 0.00559. The van der Waals surface area contributed by atoms with Crippen molar-refractivity contribution in [2.24, 2.45) is 0 Å². The van der Waals surface area contributed by atoms with Crippen LogP contribution >= 0.6 is 0 Å². The number of benzene rings is 2. The average molecular weight is 492 g/mol. The minimum Gasteiger partial charge on any atom is -0.465 e. The second kappa shape index (κ2) is 9.10. The highest BCUT2D eigenvalue weighted by atomic mass is 19.1. The molecule has 0 radical (unpaired) electrons. The van der Waals surface area contributed by atoms with Crippen LogP contribution in [-0.4, -0.2) is 48.5 Å². The first-order valence-electron chi connectivity index (χ1n) is 11.0. The van der Waals surface area contributed by atoms with Crippen LogP contribution in [0.15, 0.2) is 53.7 Å². The maximum atomic E-state index is 14.2. The minimum atomic E-state index is -0.948. The number of fused-ring (bicyclic) bond motifs is 1. The van der Waals surface area contributed by atoms with E-state index in [4.69, 9.17) is 9.84 Å². The number of rotatable bonds is 4. The Morgan fingerprint density at radius 1 is 1.14 bits per heavy atom. The third-order valence-corrected chi connectivity index (χ3v) is 6.07. The molecule has 1 aliphatic heterocycles. The molecule has 1 saturated heterocycles. The highest BCUT2D eigenvalue weighted by Crippen LogP contribution is 2.31. The van der Waals surface area contributed by atoms with Crippen LogP contribution in [0.25, 0.3) is 16.7 Å². The van der Waals surface area contributed by atoms with Gasteiger partial charge in [-0.15, -0.1) is 0 Å². The molecule has 10 nitrogen and oxygen atoms in total. The summed E-state index contributed by atoms with van der Waals surface area (Å²) in [6.45, 7) is 0.795. The normalized spacial score (nSPS) is 14.1. The lowest BCUT2D eigenvalue weighted by atomic mass is 10.1. The number of hydrogen-bond acceptors (Lipinski definition) is 6. The van der Waals surface area contributed by atoms with Crippen LogP contribution in [0.4, 0.5) is 13.6 Å². The van der Waals surface area contributed by atoms with Gasteiger partial charge < -0.3 is 14.7 Å². The molecule has 1 N–H and O–H groups in total. The van der Waals surface area contributed by atoms with E-state index in [1.807, 2.05) is 0 Å². The van der Waals surface area contributed by atoms with Gasteiger partial charge in [-0.3, -0.25) is 9.48 Å². The topological polar surface area (TPSA) is 126 Å². The predicted octanol–water partition coefficient (Wildman–Crippen LogP) is 3.84. The Labute approximate surface area is 202 Å². The Kier molecular flexibility index (Phi) is 5.81. The van der Waals surface area contributed by atoms with Gasteiger partial charge in [0, 0.05) is 25.4 Å². The number of likely N-dealkylation sites (tertiary alicyclic amines) is 1. The first-order valence-corrected chi connectivity index (χ1v) is 11.0. The van der Waals surface area contributed by atoms with Gasteiger partial charge in [-0.2, -0.15) is 10.4 Å². The van der Waals surface area contributed by atoms with Gasteiger partial charge >= 0.3 is 6.09 Å². The number of ether oxygens (including phenoxy) is 1. The zero-order chi connectivity index (χ0) is 25.4. The van der Waals surface area contributed by atoms with Gasteiger partial charge in [0.15, 0.2) is 17.4 Å². The molecule has 0 saturated carbocycles. The van der Waals surface area contributed by atoms with Crippen molar-refractivity contribution in [3.05, 3.63) is 76.5 Å². The molecule has 0 atom stereocenters. The largest absolute Gasteiger partial charge is 0.465 e. The molecule has 4 aromatic rings. The number of nitrogens with zero attached hydrogens (tertiary/aromatic N) is 6. The van der Waals surface area contributed by atoms with Gasteiger partial charge in [-0.25, -0.2) is 23.1 Å². The van der Waals surface area contributed by atoms with Crippen molar-refractivity contribution in [2.45, 2.75) is 18.9 Å². The summed E-state index contributed by atoms with van der Waals surface area (Å²) in [5, 5.41) is 22.9. The van der Waals surface area contributed by atoms with Crippen LogP contribution in [0, 0.1) is 23.0 Å². The second-order valence-electron chi connectivity index (χ2n) is 8.20. The van der Waals surface area contributed by atoms with E-state index in [1.54, 1.807) is 23.0 Å². The summed E-state index contributed by atoms with van der Waals surface area (Å²) < 4.78 is 36.6. The van der Waals surface area contributed by atoms with Crippen LogP contribution in [0.3, 0.4) is 0 Å². The van der Waals surface area contributed by atoms with Crippen molar-refractivity contribution in [3.8, 4) is 23.4 Å². The van der Waals surface area contributed by atoms with Crippen molar-refractivity contribution in [3.63, 3.8) is 0 Å². The van der Waals surface area contributed by atoms with Gasteiger partial charge in [0.1, 0.15) is 29.5 Å². The van der Waals surface area contributed by atoms with Crippen LogP contribution in [0.5, 0.6) is 11.5 Å². The van der Waals surface area contributed by atoms with Gasteiger partial charge in [-0.1, -0.05) is 0 Å². The molecule has 1 amide bonds. The van der Waals surface area contributed by atoms with Crippen molar-refractivity contribution in [1.82, 2.24) is 24.2 Å². The SMILES string of the molecule is N#Cc1c(F)ccc(F)c1Oc1ccc2ncn(-c3ccn(C4CCN(C(=O)O)CC4)n3)c(=O)c2c1. The Morgan fingerprint density at radius 2 is 1.89 bits per heavy atom. The van der Waals surface area contributed by atoms with E-state index in [9.17, 15) is 23.6 Å². The first kappa shape index (κ1) is 23.0. The monoisotopic (exact) mass is 492 g/mol. The number of halogens is 2. The Morgan fingerprint density at radius 3 is 2.61 bits per heavy atom. The Balaban J connectivity index is 1.45. The number of nitriles is 1. The lowest BCUT2D eigenvalue weighted by Crippen LogP contribution is -2.38. The van der Waals surface area contributed by atoms with Gasteiger partial charge in [0.05, 0.1) is 16.9 Å². The summed E-state index contributed by atoms with van der Waals surface area (Å²) in [6.07, 6.45) is 3.31. The van der Waals surface area contributed by atoms with E-state index in [1.165, 1.54) is 34.0 Å². The fraction of sp³-hybridized carbons (Fsp3) is 0.208. The lowest BCUT2D eigenvalue weighted by Gasteiger charge is -2.29. The molecule has 1 fully saturated rings. The number of aromatic nitrogens is 4. The average Bonchev–Trinajstić information content (AvgIpc) is 3.37. The number of carboxylic acid groups (broad SMARTS) is 1. The zero-order valence-corrected chi connectivity index (χ0v) is 18.6. The van der Waals surface area contributed by atoms with Gasteiger partial charge in [-0.05, 0) is 43.2 Å². The molecular weight excluding hydrogens is 474 g/mol. The van der Waals surface area contributed by atoms with Crippen LogP contribution < -0.4 is 10.3 Å². The third kappa shape index (κ3) is 4.11. The summed E-state index contributed by atoms with van der Waals surface area (Å²) in [4.78, 5) is 30.0. The van der Waals surface area contributed by atoms with Crippen molar-refractivity contribution >= 4 is 17.0 Å². The van der Waals surface area contributed by atoms with E-state index in [0.29, 0.717) is 37.3 Å². The van der Waals surface area contributed by atoms with Crippen LogP contribution in [-0.2, 0) is 0 Å². The molecule has 2 aromatic heterocycles. The van der Waals surface area contributed by atoms with Crippen molar-refractivity contribution < 1.29 is 23.4 Å². The lowest BCUT2D eigenvalue weighted by molar-refractivity contribution is 0.124. The summed E-state index contributed by atoms with van der Waals surface area (Å²) >= 11 is 0. The number of hydrogen-bond donors (Lipinski definition) is 1. The number of carbonyl (C=O) groups is 1. The van der Waals surface area contributed by atoms with E-state index in [2.05, 4.69) is 10.1 Å². The molecule has 36 heavy (non-hydrogen) atoms. The van der Waals surface area contributed by atoms with Crippen LogP contribution in [0.1, 0.15) is 24.4 Å². The fourth-order valence-corrected chi connectivity index (χ4v) is 4.16. The molecule has 1 aliphatic rings. The predicted molar refractivity (Wildman–Crippen MR) is 122 cm³/mol. The standard InChI is InChI=1S/C24H18F2N6O4/c25-18-2-3-19(26)22(17(18)12-27)36-15-1-4-20-16(11-15)23(33)31(13-28-20)21-7-10-32(29-21)14-5-8-30(9-6-14)24(34)35/h1-4,7,10-11,13-14H,5-6,8-9H2,(H,34,35). The van der Waals surface area contributed by atoms with E-state index < -0.39 is 34.6 Å². The Hall–Kier alpha value is -4.79. The molecule has 182 valence electrons. The summed E-state index contributed by atoms with van der Waals surface area (Å²) in [5.74, 6) is -2.08. The molecule has 0 bridgehead atoms. The van der Waals surface area contributed by atoms with Crippen molar-refractivity contribution in [1.29, 1.82) is 5.26 Å². The number of piperidine rings is 1. The zero-order valence-electron chi connectivity index (χ0n) is 18.6. The summed E-state index contributed by atoms with van der Waals surface area (Å²) in [6, 6.07) is 9.18. The number of amides is 1. The van der Waals surface area contributed by atoms with E-state index in [0.717, 1.165) is 12.1 Å². The van der Waals surface area contributed by atoms with Crippen molar-refractivity contribution in [2.75, 3.05) is 13.1 Å². The molecule has 3 heterocycles. The van der Waals surface area contributed by atoms with E-state index >= 15 is 0 Å². The maximum absolute atomic E-state index is 14.2. The molecule has 0 aliphatic carbocycles. The van der Waals surface area contributed by atoms with Gasteiger partial charge in [0.25, 0.3) is 5.56 Å². The summed E-state index contributed by atoms with van der Waals surface area (Å²) in [7, 11) is 0. The smallest absolute Gasteiger partial charge is 0.407 e. The molecule has 0 unspecified atom stereocenters. The quantitative estimate of drug-likeness (QED) is 0.459.